The van der Waals surface area contributed by atoms with Gasteiger partial charge in [-0.15, -0.1) is 0 Å². The number of hydrogen-bond donors (Lipinski definition) is 2. The van der Waals surface area contributed by atoms with Gasteiger partial charge in [0.1, 0.15) is 18.0 Å². The molecule has 1 aromatic heterocycles. The van der Waals surface area contributed by atoms with E-state index in [1.807, 2.05) is 0 Å². The van der Waals surface area contributed by atoms with Gasteiger partial charge in [-0.3, -0.25) is 0 Å². The second kappa shape index (κ2) is 6.70. The lowest BCUT2D eigenvalue weighted by Gasteiger charge is -2.38. The zero-order valence-electron chi connectivity index (χ0n) is 11.9. The molecule has 0 aromatic carbocycles. The quantitative estimate of drug-likeness (QED) is 0.788. The zero-order chi connectivity index (χ0) is 13.7. The van der Waals surface area contributed by atoms with E-state index in [-0.39, 0.29) is 6.61 Å². The molecule has 1 fully saturated rings. The predicted octanol–water partition coefficient (Wildman–Crippen LogP) is 1.96. The first-order valence-electron chi connectivity index (χ1n) is 7.21. The van der Waals surface area contributed by atoms with Crippen molar-refractivity contribution in [3.8, 4) is 0 Å². The second-order valence-electron chi connectivity index (χ2n) is 5.10. The minimum atomic E-state index is 0.164. The summed E-state index contributed by atoms with van der Waals surface area (Å²) in [6.45, 7) is 5.92. The molecule has 0 saturated heterocycles. The third-order valence-corrected chi connectivity index (χ3v) is 3.73. The summed E-state index contributed by atoms with van der Waals surface area (Å²) in [5.41, 5.74) is 1.08. The molecule has 0 aliphatic heterocycles. The van der Waals surface area contributed by atoms with Gasteiger partial charge in [-0.1, -0.05) is 6.92 Å². The molecule has 5 heteroatoms. The van der Waals surface area contributed by atoms with Gasteiger partial charge in [-0.2, -0.15) is 0 Å². The van der Waals surface area contributed by atoms with Crippen LogP contribution in [0.25, 0.3) is 0 Å². The lowest BCUT2D eigenvalue weighted by molar-refractivity contribution is 0.283. The van der Waals surface area contributed by atoms with Crippen molar-refractivity contribution in [3.63, 3.8) is 0 Å². The van der Waals surface area contributed by atoms with Crippen molar-refractivity contribution in [2.45, 2.75) is 45.6 Å². The van der Waals surface area contributed by atoms with E-state index in [1.54, 1.807) is 6.33 Å². The van der Waals surface area contributed by atoms with Crippen LogP contribution in [-0.4, -0.2) is 40.8 Å². The van der Waals surface area contributed by atoms with Gasteiger partial charge >= 0.3 is 0 Å². The van der Waals surface area contributed by atoms with Gasteiger partial charge in [0.2, 0.25) is 0 Å². The zero-order valence-corrected chi connectivity index (χ0v) is 11.9. The standard InChI is InChI=1S/C14H24N4O/c1-3-7-15-13-11(2)14(17-10-16-13)18(8-9-19)12-5-4-6-12/h10,12,19H,3-9H2,1-2H3,(H,15,16,17). The highest BCUT2D eigenvalue weighted by Crippen LogP contribution is 2.31. The van der Waals surface area contributed by atoms with Gasteiger partial charge in [-0.25, -0.2) is 9.97 Å². The molecule has 0 atom stereocenters. The third kappa shape index (κ3) is 3.15. The van der Waals surface area contributed by atoms with Crippen LogP contribution in [0.5, 0.6) is 0 Å². The highest BCUT2D eigenvalue weighted by Gasteiger charge is 2.27. The fourth-order valence-electron chi connectivity index (χ4n) is 2.42. The van der Waals surface area contributed by atoms with Gasteiger partial charge in [0.15, 0.2) is 0 Å². The molecule has 1 heterocycles. The SMILES string of the molecule is CCCNc1ncnc(N(CCO)C2CCC2)c1C. The minimum Gasteiger partial charge on any atom is -0.395 e. The van der Waals surface area contributed by atoms with Crippen LogP contribution < -0.4 is 10.2 Å². The molecule has 106 valence electrons. The first-order chi connectivity index (χ1) is 9.27. The lowest BCUT2D eigenvalue weighted by atomic mass is 9.91. The summed E-state index contributed by atoms with van der Waals surface area (Å²) in [5.74, 6) is 1.88. The highest BCUT2D eigenvalue weighted by molar-refractivity contribution is 5.58. The van der Waals surface area contributed by atoms with E-state index in [0.29, 0.717) is 12.6 Å². The summed E-state index contributed by atoms with van der Waals surface area (Å²) in [5, 5.41) is 12.6. The van der Waals surface area contributed by atoms with E-state index >= 15 is 0 Å². The van der Waals surface area contributed by atoms with Crippen LogP contribution in [0.1, 0.15) is 38.2 Å². The number of aliphatic hydroxyl groups excluding tert-OH is 1. The maximum Gasteiger partial charge on any atom is 0.137 e. The van der Waals surface area contributed by atoms with Gasteiger partial charge in [0.25, 0.3) is 0 Å². The van der Waals surface area contributed by atoms with Crippen LogP contribution in [0, 0.1) is 6.92 Å². The Balaban J connectivity index is 2.20. The predicted molar refractivity (Wildman–Crippen MR) is 77.6 cm³/mol. The molecule has 0 bridgehead atoms. The number of hydrogen-bond acceptors (Lipinski definition) is 5. The number of aliphatic hydroxyl groups is 1. The van der Waals surface area contributed by atoms with Crippen molar-refractivity contribution >= 4 is 11.6 Å². The van der Waals surface area contributed by atoms with Crippen LogP contribution >= 0.6 is 0 Å². The van der Waals surface area contributed by atoms with Crippen molar-refractivity contribution in [1.29, 1.82) is 0 Å². The molecule has 0 unspecified atom stereocenters. The molecule has 1 saturated carbocycles. The second-order valence-corrected chi connectivity index (χ2v) is 5.10. The molecule has 1 aliphatic carbocycles. The fourth-order valence-corrected chi connectivity index (χ4v) is 2.42. The number of anilines is 2. The van der Waals surface area contributed by atoms with Gasteiger partial charge < -0.3 is 15.3 Å². The van der Waals surface area contributed by atoms with Gasteiger partial charge in [0, 0.05) is 24.7 Å². The van der Waals surface area contributed by atoms with Crippen LogP contribution in [0.4, 0.5) is 11.6 Å². The van der Waals surface area contributed by atoms with Gasteiger partial charge in [-0.05, 0) is 32.6 Å². The molecule has 2 N–H and O–H groups in total. The number of aromatic nitrogens is 2. The summed E-state index contributed by atoms with van der Waals surface area (Å²) >= 11 is 0. The van der Waals surface area contributed by atoms with Crippen LogP contribution in [0.2, 0.25) is 0 Å². The topological polar surface area (TPSA) is 61.3 Å². The van der Waals surface area contributed by atoms with E-state index in [1.165, 1.54) is 19.3 Å². The Bertz CT molecular complexity index is 406. The molecule has 2 rings (SSSR count). The number of rotatable bonds is 7. The van der Waals surface area contributed by atoms with Gasteiger partial charge in [0.05, 0.1) is 6.61 Å². The molecule has 0 spiro atoms. The average molecular weight is 264 g/mol. The maximum atomic E-state index is 9.27. The van der Waals surface area contributed by atoms with E-state index in [2.05, 4.69) is 34.0 Å². The van der Waals surface area contributed by atoms with Crippen molar-refractivity contribution in [2.75, 3.05) is 29.9 Å². The Kier molecular flexibility index (Phi) is 4.96. The fraction of sp³-hybridized carbons (Fsp3) is 0.714. The first kappa shape index (κ1) is 14.1. The normalized spacial score (nSPS) is 15.1. The molecule has 19 heavy (non-hydrogen) atoms. The summed E-state index contributed by atoms with van der Waals surface area (Å²) in [6, 6.07) is 0.528. The maximum absolute atomic E-state index is 9.27. The Morgan fingerprint density at radius 1 is 1.42 bits per heavy atom. The summed E-state index contributed by atoms with van der Waals surface area (Å²) in [7, 11) is 0. The highest BCUT2D eigenvalue weighted by atomic mass is 16.3. The Labute approximate surface area is 115 Å². The summed E-state index contributed by atoms with van der Waals surface area (Å²) in [4.78, 5) is 11.0. The number of nitrogens with one attached hydrogen (secondary N) is 1. The van der Waals surface area contributed by atoms with Crippen molar-refractivity contribution in [2.24, 2.45) is 0 Å². The molecular weight excluding hydrogens is 240 g/mol. The Morgan fingerprint density at radius 2 is 2.21 bits per heavy atom. The molecule has 1 aliphatic rings. The summed E-state index contributed by atoms with van der Waals surface area (Å²) in [6.07, 6.45) is 6.35. The van der Waals surface area contributed by atoms with Crippen molar-refractivity contribution in [1.82, 2.24) is 9.97 Å². The number of nitrogens with zero attached hydrogens (tertiary/aromatic N) is 3. The van der Waals surface area contributed by atoms with E-state index in [0.717, 1.165) is 30.2 Å². The lowest BCUT2D eigenvalue weighted by Crippen LogP contribution is -2.43. The average Bonchev–Trinajstić information content (AvgIpc) is 2.35. The largest absolute Gasteiger partial charge is 0.395 e. The van der Waals surface area contributed by atoms with Crippen LogP contribution in [-0.2, 0) is 0 Å². The molecule has 0 amide bonds. The van der Waals surface area contributed by atoms with Crippen molar-refractivity contribution < 1.29 is 5.11 Å². The summed E-state index contributed by atoms with van der Waals surface area (Å²) < 4.78 is 0. The molecule has 1 aromatic rings. The van der Waals surface area contributed by atoms with Crippen LogP contribution in [0.15, 0.2) is 6.33 Å². The minimum absolute atomic E-state index is 0.164. The van der Waals surface area contributed by atoms with E-state index < -0.39 is 0 Å². The molecular formula is C14H24N4O. The molecule has 0 radical (unpaired) electrons. The third-order valence-electron chi connectivity index (χ3n) is 3.73. The van der Waals surface area contributed by atoms with E-state index in [9.17, 15) is 5.11 Å². The van der Waals surface area contributed by atoms with Crippen LogP contribution in [0.3, 0.4) is 0 Å². The smallest absolute Gasteiger partial charge is 0.137 e. The Hall–Kier alpha value is -1.36. The molecule has 5 nitrogen and oxygen atoms in total. The van der Waals surface area contributed by atoms with E-state index in [4.69, 9.17) is 0 Å². The Morgan fingerprint density at radius 3 is 2.79 bits per heavy atom. The first-order valence-corrected chi connectivity index (χ1v) is 7.21. The monoisotopic (exact) mass is 264 g/mol. The van der Waals surface area contributed by atoms with Crippen molar-refractivity contribution in [3.05, 3.63) is 11.9 Å².